The molecular formula is C30H36O7. The Labute approximate surface area is 218 Å². The fraction of sp³-hybridized carbons (Fsp3) is 0.400. The van der Waals surface area contributed by atoms with Gasteiger partial charge in [0.15, 0.2) is 0 Å². The molecule has 37 heavy (non-hydrogen) atoms. The van der Waals surface area contributed by atoms with Crippen molar-refractivity contribution in [2.24, 2.45) is 0 Å². The third kappa shape index (κ3) is 7.23. The van der Waals surface area contributed by atoms with E-state index >= 15 is 0 Å². The molecule has 0 bridgehead atoms. The van der Waals surface area contributed by atoms with Crippen molar-refractivity contribution >= 4 is 22.7 Å². The molecule has 1 aliphatic rings. The number of aryl methyl sites for hydroxylation is 1. The van der Waals surface area contributed by atoms with Crippen molar-refractivity contribution in [1.82, 2.24) is 0 Å². The van der Waals surface area contributed by atoms with E-state index in [4.69, 9.17) is 18.9 Å². The maximum absolute atomic E-state index is 11.7. The molecule has 4 rings (SSSR count). The summed E-state index contributed by atoms with van der Waals surface area (Å²) in [5.74, 6) is 0.926. The molecule has 0 aromatic heterocycles. The minimum Gasteiger partial charge on any atom is -0.497 e. The molecule has 7 nitrogen and oxygen atoms in total. The first-order valence-corrected chi connectivity index (χ1v) is 12.6. The Morgan fingerprint density at radius 1 is 0.892 bits per heavy atom. The molecule has 0 saturated heterocycles. The van der Waals surface area contributed by atoms with Crippen LogP contribution in [-0.4, -0.2) is 44.5 Å². The Hall–Kier alpha value is -3.58. The summed E-state index contributed by atoms with van der Waals surface area (Å²) in [5.41, 5.74) is 1.71. The number of fused-ring (bicyclic) bond motifs is 2. The molecule has 198 valence electrons. The average Bonchev–Trinajstić information content (AvgIpc) is 2.89. The van der Waals surface area contributed by atoms with Gasteiger partial charge in [-0.05, 0) is 84.8 Å². The van der Waals surface area contributed by atoms with Crippen molar-refractivity contribution in [3.63, 3.8) is 0 Å². The van der Waals surface area contributed by atoms with Crippen LogP contribution in [0.15, 0.2) is 54.6 Å². The van der Waals surface area contributed by atoms with Gasteiger partial charge >= 0.3 is 11.9 Å². The number of benzene rings is 3. The number of hydrogen-bond donors (Lipinski definition) is 1. The standard InChI is InChI=1S/C15H20O4.C15H16O3/c1-3-19-14(16)10-15(17)8-4-5-11-6-7-12(18-2)9-13(11)15;1-3-18-15(16)9-12-6-4-5-11-7-8-13(17-2)10-14(11)12/h6-7,9,17H,3-5,8,10H2,1-2H3;4-8,10H,3,9H2,1-2H3. The van der Waals surface area contributed by atoms with Gasteiger partial charge in [0.25, 0.3) is 0 Å². The SMILES string of the molecule is CCOC(=O)CC1(O)CCCc2ccc(OC)cc21.CCOC(=O)Cc1cccc2ccc(OC)cc12. The molecule has 3 aromatic rings. The second-order valence-electron chi connectivity index (χ2n) is 8.88. The Bertz CT molecular complexity index is 1220. The number of esters is 2. The molecule has 0 amide bonds. The van der Waals surface area contributed by atoms with Gasteiger partial charge in [0.05, 0.1) is 40.3 Å². The zero-order chi connectivity index (χ0) is 26.8. The highest BCUT2D eigenvalue weighted by Gasteiger charge is 2.37. The van der Waals surface area contributed by atoms with Crippen LogP contribution in [0.2, 0.25) is 0 Å². The normalized spacial score (nSPS) is 16.1. The maximum atomic E-state index is 11.7. The van der Waals surface area contributed by atoms with Crippen LogP contribution in [0.4, 0.5) is 0 Å². The molecule has 7 heteroatoms. The summed E-state index contributed by atoms with van der Waals surface area (Å²) in [4.78, 5) is 23.2. The molecule has 0 aliphatic heterocycles. The molecular weight excluding hydrogens is 472 g/mol. The van der Waals surface area contributed by atoms with Crippen molar-refractivity contribution in [2.75, 3.05) is 27.4 Å². The monoisotopic (exact) mass is 508 g/mol. The van der Waals surface area contributed by atoms with Crippen LogP contribution in [0.5, 0.6) is 11.5 Å². The summed E-state index contributed by atoms with van der Waals surface area (Å²) in [7, 11) is 3.23. The zero-order valence-corrected chi connectivity index (χ0v) is 22.0. The summed E-state index contributed by atoms with van der Waals surface area (Å²) >= 11 is 0. The van der Waals surface area contributed by atoms with Gasteiger partial charge in [-0.2, -0.15) is 0 Å². The molecule has 1 atom stereocenters. The molecule has 0 radical (unpaired) electrons. The van der Waals surface area contributed by atoms with Crippen LogP contribution in [0.3, 0.4) is 0 Å². The van der Waals surface area contributed by atoms with Crippen molar-refractivity contribution in [1.29, 1.82) is 0 Å². The fourth-order valence-electron chi connectivity index (χ4n) is 4.64. The summed E-state index contributed by atoms with van der Waals surface area (Å²) in [6, 6.07) is 17.4. The minimum absolute atomic E-state index is 0.001000. The van der Waals surface area contributed by atoms with E-state index < -0.39 is 5.60 Å². The molecule has 1 N–H and O–H groups in total. The molecule has 1 unspecified atom stereocenters. The third-order valence-electron chi connectivity index (χ3n) is 6.42. The molecule has 0 fully saturated rings. The fourth-order valence-corrected chi connectivity index (χ4v) is 4.64. The van der Waals surface area contributed by atoms with Crippen LogP contribution in [0.1, 0.15) is 49.8 Å². The van der Waals surface area contributed by atoms with E-state index in [1.165, 1.54) is 0 Å². The molecule has 3 aromatic carbocycles. The van der Waals surface area contributed by atoms with Gasteiger partial charge in [0.1, 0.15) is 17.1 Å². The van der Waals surface area contributed by atoms with Crippen LogP contribution in [0, 0.1) is 0 Å². The highest BCUT2D eigenvalue weighted by molar-refractivity contribution is 5.90. The van der Waals surface area contributed by atoms with Crippen molar-refractivity contribution < 1.29 is 33.6 Å². The highest BCUT2D eigenvalue weighted by Crippen LogP contribution is 2.39. The molecule has 1 aliphatic carbocycles. The number of ether oxygens (including phenoxy) is 4. The minimum atomic E-state index is -1.13. The molecule has 0 spiro atoms. The van der Waals surface area contributed by atoms with Crippen molar-refractivity contribution in [2.45, 2.75) is 51.6 Å². The first-order chi connectivity index (χ1) is 17.8. The lowest BCUT2D eigenvalue weighted by atomic mass is 9.77. The Morgan fingerprint density at radius 2 is 1.57 bits per heavy atom. The third-order valence-corrected chi connectivity index (χ3v) is 6.42. The molecule has 0 heterocycles. The van der Waals surface area contributed by atoms with Crippen molar-refractivity contribution in [3.8, 4) is 11.5 Å². The first kappa shape index (κ1) is 28.0. The summed E-state index contributed by atoms with van der Waals surface area (Å²) < 4.78 is 20.3. The second kappa shape index (κ2) is 13.1. The summed E-state index contributed by atoms with van der Waals surface area (Å²) in [6.07, 6.45) is 2.66. The number of carbonyl (C=O) groups is 2. The summed E-state index contributed by atoms with van der Waals surface area (Å²) in [5, 5.41) is 12.9. The van der Waals surface area contributed by atoms with Gasteiger partial charge in [0, 0.05) is 0 Å². The zero-order valence-electron chi connectivity index (χ0n) is 22.0. The maximum Gasteiger partial charge on any atom is 0.310 e. The van der Waals surface area contributed by atoms with E-state index in [-0.39, 0.29) is 18.4 Å². The first-order valence-electron chi connectivity index (χ1n) is 12.6. The Morgan fingerprint density at radius 3 is 2.27 bits per heavy atom. The van der Waals surface area contributed by atoms with E-state index in [9.17, 15) is 14.7 Å². The predicted octanol–water partition coefficient (Wildman–Crippen LogP) is 5.13. The van der Waals surface area contributed by atoms with Gasteiger partial charge < -0.3 is 24.1 Å². The van der Waals surface area contributed by atoms with Gasteiger partial charge in [-0.15, -0.1) is 0 Å². The van der Waals surface area contributed by atoms with Crippen LogP contribution in [-0.2, 0) is 37.5 Å². The lowest BCUT2D eigenvalue weighted by molar-refractivity contribution is -0.150. The Kier molecular flexibility index (Phi) is 9.92. The number of rotatable bonds is 8. The van der Waals surface area contributed by atoms with Crippen LogP contribution < -0.4 is 9.47 Å². The Balaban J connectivity index is 0.000000206. The van der Waals surface area contributed by atoms with Gasteiger partial charge in [-0.1, -0.05) is 30.3 Å². The molecule has 0 saturated carbocycles. The number of methoxy groups -OCH3 is 2. The highest BCUT2D eigenvalue weighted by atomic mass is 16.5. The predicted molar refractivity (Wildman–Crippen MR) is 142 cm³/mol. The van der Waals surface area contributed by atoms with E-state index in [2.05, 4.69) is 0 Å². The number of aliphatic hydroxyl groups is 1. The van der Waals surface area contributed by atoms with Crippen LogP contribution in [0.25, 0.3) is 10.8 Å². The van der Waals surface area contributed by atoms with Gasteiger partial charge in [0.2, 0.25) is 0 Å². The lowest BCUT2D eigenvalue weighted by Gasteiger charge is -2.34. The average molecular weight is 509 g/mol. The van der Waals surface area contributed by atoms with Crippen LogP contribution >= 0.6 is 0 Å². The van der Waals surface area contributed by atoms with E-state index in [1.54, 1.807) is 21.1 Å². The topological polar surface area (TPSA) is 91.3 Å². The second-order valence-corrected chi connectivity index (χ2v) is 8.88. The number of carbonyl (C=O) groups excluding carboxylic acids is 2. The van der Waals surface area contributed by atoms with E-state index in [0.29, 0.717) is 31.8 Å². The van der Waals surface area contributed by atoms with Crippen molar-refractivity contribution in [3.05, 3.63) is 71.3 Å². The van der Waals surface area contributed by atoms with E-state index in [0.717, 1.165) is 46.1 Å². The largest absolute Gasteiger partial charge is 0.497 e. The summed E-state index contributed by atoms with van der Waals surface area (Å²) in [6.45, 7) is 4.32. The quantitative estimate of drug-likeness (QED) is 0.422. The number of hydrogen-bond acceptors (Lipinski definition) is 7. The van der Waals surface area contributed by atoms with Gasteiger partial charge in [-0.25, -0.2) is 0 Å². The lowest BCUT2D eigenvalue weighted by Crippen LogP contribution is -2.33. The van der Waals surface area contributed by atoms with Gasteiger partial charge in [-0.3, -0.25) is 9.59 Å². The smallest absolute Gasteiger partial charge is 0.310 e. The van der Waals surface area contributed by atoms with E-state index in [1.807, 2.05) is 61.5 Å².